The topological polar surface area (TPSA) is 68.0 Å². The maximum Gasteiger partial charge on any atom is 0.337 e. The number of carboxylic acid groups (broad SMARTS) is 1. The van der Waals surface area contributed by atoms with Crippen LogP contribution in [0.4, 0.5) is 0 Å². The first-order valence-corrected chi connectivity index (χ1v) is 5.71. The first-order chi connectivity index (χ1) is 8.41. The Bertz CT molecular complexity index is 634. The highest BCUT2D eigenvalue weighted by Gasteiger charge is 2.14. The summed E-state index contributed by atoms with van der Waals surface area (Å²) >= 11 is 6.05. The summed E-state index contributed by atoms with van der Waals surface area (Å²) in [5, 5.41) is 13.5. The molecule has 6 heteroatoms. The molecular formula is C12H12ClN3O2. The summed E-state index contributed by atoms with van der Waals surface area (Å²) in [6, 6.07) is 1.37. The van der Waals surface area contributed by atoms with Crippen LogP contribution in [-0.4, -0.2) is 25.8 Å². The van der Waals surface area contributed by atoms with E-state index in [1.165, 1.54) is 12.3 Å². The number of nitrogens with zero attached hydrogens (tertiary/aromatic N) is 3. The average molecular weight is 266 g/mol. The van der Waals surface area contributed by atoms with Gasteiger partial charge in [0.05, 0.1) is 16.3 Å². The Morgan fingerprint density at radius 1 is 1.39 bits per heavy atom. The zero-order chi connectivity index (χ0) is 13.4. The molecule has 0 amide bonds. The zero-order valence-corrected chi connectivity index (χ0v) is 11.0. The van der Waals surface area contributed by atoms with Gasteiger partial charge in [-0.25, -0.2) is 14.5 Å². The molecule has 0 saturated heterocycles. The van der Waals surface area contributed by atoms with Crippen LogP contribution in [-0.2, 0) is 0 Å². The lowest BCUT2D eigenvalue weighted by molar-refractivity contribution is 0.0696. The highest BCUT2D eigenvalue weighted by atomic mass is 35.5. The van der Waals surface area contributed by atoms with Gasteiger partial charge >= 0.3 is 5.97 Å². The van der Waals surface area contributed by atoms with E-state index in [0.29, 0.717) is 5.82 Å². The van der Waals surface area contributed by atoms with E-state index < -0.39 is 5.97 Å². The third kappa shape index (κ3) is 1.97. The van der Waals surface area contributed by atoms with Crippen LogP contribution in [0.15, 0.2) is 12.3 Å². The molecule has 2 rings (SSSR count). The van der Waals surface area contributed by atoms with Gasteiger partial charge in [-0.05, 0) is 32.4 Å². The van der Waals surface area contributed by atoms with E-state index in [4.69, 9.17) is 16.7 Å². The number of hydrogen-bond acceptors (Lipinski definition) is 3. The monoisotopic (exact) mass is 265 g/mol. The first kappa shape index (κ1) is 12.6. The third-order valence-electron chi connectivity index (χ3n) is 2.92. The van der Waals surface area contributed by atoms with E-state index >= 15 is 0 Å². The molecule has 0 radical (unpaired) electrons. The molecule has 0 unspecified atom stereocenters. The van der Waals surface area contributed by atoms with E-state index in [0.717, 1.165) is 17.0 Å². The summed E-state index contributed by atoms with van der Waals surface area (Å²) in [7, 11) is 0. The first-order valence-electron chi connectivity index (χ1n) is 5.34. The van der Waals surface area contributed by atoms with Gasteiger partial charge in [0.15, 0.2) is 5.82 Å². The number of carboxylic acids is 1. The number of hydrogen-bond donors (Lipinski definition) is 1. The molecule has 2 aromatic heterocycles. The van der Waals surface area contributed by atoms with Crippen molar-refractivity contribution in [2.24, 2.45) is 0 Å². The van der Waals surface area contributed by atoms with E-state index in [2.05, 4.69) is 10.1 Å². The largest absolute Gasteiger partial charge is 0.478 e. The van der Waals surface area contributed by atoms with Crippen LogP contribution in [0.5, 0.6) is 0 Å². The molecule has 0 spiro atoms. The quantitative estimate of drug-likeness (QED) is 0.906. The van der Waals surface area contributed by atoms with Crippen molar-refractivity contribution in [2.45, 2.75) is 20.8 Å². The molecule has 0 aliphatic heterocycles. The maximum atomic E-state index is 10.8. The van der Waals surface area contributed by atoms with Gasteiger partial charge in [-0.3, -0.25) is 0 Å². The number of carbonyl (C=O) groups is 1. The zero-order valence-electron chi connectivity index (χ0n) is 10.2. The average Bonchev–Trinajstić information content (AvgIpc) is 2.57. The SMILES string of the molecule is Cc1nn(-c2ncc(C(=O)O)cc2Cl)c(C)c1C. The summed E-state index contributed by atoms with van der Waals surface area (Å²) in [4.78, 5) is 14.9. The van der Waals surface area contributed by atoms with Crippen molar-refractivity contribution in [3.63, 3.8) is 0 Å². The van der Waals surface area contributed by atoms with Gasteiger partial charge in [0.2, 0.25) is 0 Å². The molecule has 5 nitrogen and oxygen atoms in total. The van der Waals surface area contributed by atoms with Crippen molar-refractivity contribution in [3.8, 4) is 5.82 Å². The van der Waals surface area contributed by atoms with Crippen LogP contribution in [0.3, 0.4) is 0 Å². The van der Waals surface area contributed by atoms with Gasteiger partial charge in [-0.15, -0.1) is 0 Å². The molecular weight excluding hydrogens is 254 g/mol. The number of aromatic carboxylic acids is 1. The number of aryl methyl sites for hydroxylation is 1. The van der Waals surface area contributed by atoms with Gasteiger partial charge in [-0.2, -0.15) is 5.10 Å². The van der Waals surface area contributed by atoms with Crippen LogP contribution in [0, 0.1) is 20.8 Å². The third-order valence-corrected chi connectivity index (χ3v) is 3.20. The van der Waals surface area contributed by atoms with Gasteiger partial charge in [0.25, 0.3) is 0 Å². The fraction of sp³-hybridized carbons (Fsp3) is 0.250. The van der Waals surface area contributed by atoms with Crippen LogP contribution in [0.1, 0.15) is 27.3 Å². The minimum absolute atomic E-state index is 0.0574. The lowest BCUT2D eigenvalue weighted by Gasteiger charge is -2.06. The van der Waals surface area contributed by atoms with Crippen molar-refractivity contribution < 1.29 is 9.90 Å². The predicted molar refractivity (Wildman–Crippen MR) is 67.5 cm³/mol. The van der Waals surface area contributed by atoms with Crippen molar-refractivity contribution in [1.82, 2.24) is 14.8 Å². The van der Waals surface area contributed by atoms with Crippen molar-refractivity contribution in [3.05, 3.63) is 39.8 Å². The summed E-state index contributed by atoms with van der Waals surface area (Å²) in [6.07, 6.45) is 1.27. The van der Waals surface area contributed by atoms with Gasteiger partial charge in [-0.1, -0.05) is 11.6 Å². The molecule has 2 heterocycles. The molecule has 1 N–H and O–H groups in total. The number of pyridine rings is 1. The Labute approximate surface area is 109 Å². The Morgan fingerprint density at radius 2 is 2.06 bits per heavy atom. The van der Waals surface area contributed by atoms with E-state index in [-0.39, 0.29) is 10.6 Å². The highest BCUT2D eigenvalue weighted by molar-refractivity contribution is 6.32. The molecule has 0 aromatic carbocycles. The predicted octanol–water partition coefficient (Wildman–Crippen LogP) is 2.54. The fourth-order valence-corrected chi connectivity index (χ4v) is 1.88. The van der Waals surface area contributed by atoms with E-state index in [1.54, 1.807) is 4.68 Å². The molecule has 0 bridgehead atoms. The lowest BCUT2D eigenvalue weighted by Crippen LogP contribution is -2.05. The van der Waals surface area contributed by atoms with E-state index in [1.807, 2.05) is 20.8 Å². The number of aromatic nitrogens is 3. The second-order valence-electron chi connectivity index (χ2n) is 4.04. The van der Waals surface area contributed by atoms with Crippen molar-refractivity contribution in [1.29, 1.82) is 0 Å². The summed E-state index contributed by atoms with van der Waals surface area (Å²) < 4.78 is 1.62. The Balaban J connectivity index is 2.58. The molecule has 18 heavy (non-hydrogen) atoms. The lowest BCUT2D eigenvalue weighted by atomic mass is 10.2. The molecule has 0 fully saturated rings. The molecule has 0 saturated carbocycles. The van der Waals surface area contributed by atoms with Crippen LogP contribution in [0.25, 0.3) is 5.82 Å². The molecule has 0 aliphatic rings. The van der Waals surface area contributed by atoms with Crippen LogP contribution < -0.4 is 0 Å². The van der Waals surface area contributed by atoms with E-state index in [9.17, 15) is 4.79 Å². The summed E-state index contributed by atoms with van der Waals surface area (Å²) in [5.74, 6) is -0.615. The van der Waals surface area contributed by atoms with Crippen molar-refractivity contribution >= 4 is 17.6 Å². The molecule has 94 valence electrons. The summed E-state index contributed by atoms with van der Waals surface area (Å²) in [5.41, 5.74) is 2.95. The Kier molecular flexibility index (Phi) is 3.09. The maximum absolute atomic E-state index is 10.8. The second-order valence-corrected chi connectivity index (χ2v) is 4.45. The Hall–Kier alpha value is -1.88. The highest BCUT2D eigenvalue weighted by Crippen LogP contribution is 2.22. The van der Waals surface area contributed by atoms with Gasteiger partial charge < -0.3 is 5.11 Å². The fourth-order valence-electron chi connectivity index (χ4n) is 1.63. The molecule has 0 atom stereocenters. The van der Waals surface area contributed by atoms with Crippen molar-refractivity contribution in [2.75, 3.05) is 0 Å². The second kappa shape index (κ2) is 4.42. The number of halogens is 1. The Morgan fingerprint density at radius 3 is 2.50 bits per heavy atom. The van der Waals surface area contributed by atoms with Crippen LogP contribution >= 0.6 is 11.6 Å². The van der Waals surface area contributed by atoms with Gasteiger partial charge in [0.1, 0.15) is 0 Å². The minimum atomic E-state index is -1.06. The van der Waals surface area contributed by atoms with Gasteiger partial charge in [0, 0.05) is 11.9 Å². The normalized spacial score (nSPS) is 10.7. The molecule has 2 aromatic rings. The standard InChI is InChI=1S/C12H12ClN3O2/c1-6-7(2)15-16(8(6)3)11-10(13)4-9(5-14-11)12(17)18/h4-5H,1-3H3,(H,17,18). The number of rotatable bonds is 2. The summed E-state index contributed by atoms with van der Waals surface area (Å²) in [6.45, 7) is 5.78. The minimum Gasteiger partial charge on any atom is -0.478 e. The molecule has 0 aliphatic carbocycles. The smallest absolute Gasteiger partial charge is 0.337 e. The van der Waals surface area contributed by atoms with Crippen LogP contribution in [0.2, 0.25) is 5.02 Å².